The number of piperidine rings is 1. The molecule has 2 atom stereocenters. The molecule has 0 spiro atoms. The second kappa shape index (κ2) is 7.33. The lowest BCUT2D eigenvalue weighted by Crippen LogP contribution is -2.47. The van der Waals surface area contributed by atoms with Crippen LogP contribution in [-0.2, 0) is 4.79 Å². The van der Waals surface area contributed by atoms with Gasteiger partial charge in [-0.2, -0.15) is 0 Å². The van der Waals surface area contributed by atoms with E-state index in [0.717, 1.165) is 19.4 Å². The summed E-state index contributed by atoms with van der Waals surface area (Å²) in [4.78, 5) is 24.5. The van der Waals surface area contributed by atoms with E-state index < -0.39 is 4.92 Å². The number of hydrogen-bond acceptors (Lipinski definition) is 5. The Morgan fingerprint density at radius 2 is 2.18 bits per heavy atom. The van der Waals surface area contributed by atoms with Crippen molar-refractivity contribution in [3.05, 3.63) is 34.4 Å². The zero-order valence-corrected chi connectivity index (χ0v) is 12.6. The van der Waals surface area contributed by atoms with E-state index in [2.05, 4.69) is 10.2 Å². The van der Waals surface area contributed by atoms with Gasteiger partial charge in [-0.1, -0.05) is 0 Å². The number of rotatable bonds is 5. The SMILES string of the molecule is CC(C(=O)Nc1ccc([N+](=O)[O-])cc1)N1CCCC(CO)C1. The third-order valence-electron chi connectivity index (χ3n) is 4.08. The van der Waals surface area contributed by atoms with Crippen LogP contribution in [0.15, 0.2) is 24.3 Å². The van der Waals surface area contributed by atoms with Gasteiger partial charge in [-0.25, -0.2) is 0 Å². The number of hydrogen-bond donors (Lipinski definition) is 2. The van der Waals surface area contributed by atoms with Crippen LogP contribution in [0.1, 0.15) is 19.8 Å². The predicted octanol–water partition coefficient (Wildman–Crippen LogP) is 1.63. The van der Waals surface area contributed by atoms with E-state index in [9.17, 15) is 20.0 Å². The highest BCUT2D eigenvalue weighted by Gasteiger charge is 2.27. The van der Waals surface area contributed by atoms with E-state index in [1.165, 1.54) is 24.3 Å². The van der Waals surface area contributed by atoms with E-state index >= 15 is 0 Å². The molecule has 120 valence electrons. The Morgan fingerprint density at radius 1 is 1.50 bits per heavy atom. The molecule has 1 amide bonds. The summed E-state index contributed by atoms with van der Waals surface area (Å²) in [5, 5.41) is 22.6. The number of nitrogens with zero attached hydrogens (tertiary/aromatic N) is 2. The monoisotopic (exact) mass is 307 g/mol. The first-order valence-corrected chi connectivity index (χ1v) is 7.41. The van der Waals surface area contributed by atoms with Crippen LogP contribution in [0.2, 0.25) is 0 Å². The number of aliphatic hydroxyl groups is 1. The fourth-order valence-corrected chi connectivity index (χ4v) is 2.68. The molecule has 7 heteroatoms. The zero-order valence-electron chi connectivity index (χ0n) is 12.6. The third-order valence-corrected chi connectivity index (χ3v) is 4.08. The van der Waals surface area contributed by atoms with Gasteiger partial charge in [-0.3, -0.25) is 19.8 Å². The van der Waals surface area contributed by atoms with Gasteiger partial charge in [0.15, 0.2) is 0 Å². The van der Waals surface area contributed by atoms with Gasteiger partial charge in [0.2, 0.25) is 5.91 Å². The second-order valence-electron chi connectivity index (χ2n) is 5.65. The number of nitrogens with one attached hydrogen (secondary N) is 1. The summed E-state index contributed by atoms with van der Waals surface area (Å²) in [5.74, 6) is 0.0795. The first kappa shape index (κ1) is 16.4. The Morgan fingerprint density at radius 3 is 2.77 bits per heavy atom. The minimum atomic E-state index is -0.475. The molecule has 1 saturated heterocycles. The maximum absolute atomic E-state index is 12.3. The third kappa shape index (κ3) is 4.02. The predicted molar refractivity (Wildman–Crippen MR) is 82.6 cm³/mol. The topological polar surface area (TPSA) is 95.7 Å². The Hall–Kier alpha value is -1.99. The summed E-state index contributed by atoms with van der Waals surface area (Å²) < 4.78 is 0. The molecule has 2 N–H and O–H groups in total. The van der Waals surface area contributed by atoms with E-state index in [4.69, 9.17) is 0 Å². The number of anilines is 1. The number of carbonyl (C=O) groups is 1. The fourth-order valence-electron chi connectivity index (χ4n) is 2.68. The number of nitro benzene ring substituents is 1. The van der Waals surface area contributed by atoms with Crippen molar-refractivity contribution in [3.63, 3.8) is 0 Å². The van der Waals surface area contributed by atoms with Crippen LogP contribution in [-0.4, -0.2) is 46.6 Å². The molecule has 0 saturated carbocycles. The number of likely N-dealkylation sites (tertiary alicyclic amines) is 1. The molecule has 2 rings (SSSR count). The van der Waals surface area contributed by atoms with Gasteiger partial charge in [0, 0.05) is 31.0 Å². The lowest BCUT2D eigenvalue weighted by Gasteiger charge is -2.35. The molecular weight excluding hydrogens is 286 g/mol. The lowest BCUT2D eigenvalue weighted by molar-refractivity contribution is -0.384. The van der Waals surface area contributed by atoms with Crippen molar-refractivity contribution in [1.82, 2.24) is 4.90 Å². The number of benzene rings is 1. The smallest absolute Gasteiger partial charge is 0.269 e. The van der Waals surface area contributed by atoms with Crippen molar-refractivity contribution in [2.75, 3.05) is 25.0 Å². The van der Waals surface area contributed by atoms with Crippen LogP contribution in [0.5, 0.6) is 0 Å². The van der Waals surface area contributed by atoms with Crippen LogP contribution in [0.25, 0.3) is 0 Å². The molecule has 1 aliphatic heterocycles. The molecule has 0 aliphatic carbocycles. The van der Waals surface area contributed by atoms with Crippen LogP contribution in [0, 0.1) is 16.0 Å². The first-order chi connectivity index (χ1) is 10.5. The Kier molecular flexibility index (Phi) is 5.46. The van der Waals surface area contributed by atoms with Crippen molar-refractivity contribution in [1.29, 1.82) is 0 Å². The van der Waals surface area contributed by atoms with Gasteiger partial charge in [-0.05, 0) is 44.4 Å². The van der Waals surface area contributed by atoms with Crippen molar-refractivity contribution in [2.24, 2.45) is 5.92 Å². The number of aliphatic hydroxyl groups excluding tert-OH is 1. The van der Waals surface area contributed by atoms with Crippen molar-refractivity contribution >= 4 is 17.3 Å². The van der Waals surface area contributed by atoms with E-state index in [1.807, 2.05) is 6.92 Å². The summed E-state index contributed by atoms with van der Waals surface area (Å²) >= 11 is 0. The van der Waals surface area contributed by atoms with E-state index in [1.54, 1.807) is 0 Å². The maximum Gasteiger partial charge on any atom is 0.269 e. The fraction of sp³-hybridized carbons (Fsp3) is 0.533. The molecule has 1 heterocycles. The Balaban J connectivity index is 1.94. The lowest BCUT2D eigenvalue weighted by atomic mass is 9.97. The van der Waals surface area contributed by atoms with Gasteiger partial charge >= 0.3 is 0 Å². The van der Waals surface area contributed by atoms with Crippen LogP contribution >= 0.6 is 0 Å². The quantitative estimate of drug-likeness (QED) is 0.636. The highest BCUT2D eigenvalue weighted by molar-refractivity contribution is 5.94. The average molecular weight is 307 g/mol. The molecule has 1 aliphatic rings. The van der Waals surface area contributed by atoms with Crippen molar-refractivity contribution in [2.45, 2.75) is 25.8 Å². The summed E-state index contributed by atoms with van der Waals surface area (Å²) in [6, 6.07) is 5.47. The molecule has 0 bridgehead atoms. The number of carbonyl (C=O) groups excluding carboxylic acids is 1. The highest BCUT2D eigenvalue weighted by atomic mass is 16.6. The number of non-ortho nitro benzene ring substituents is 1. The normalized spacial score (nSPS) is 20.4. The Labute approximate surface area is 129 Å². The standard InChI is InChI=1S/C15H21N3O4/c1-11(17-8-2-3-12(9-17)10-19)15(20)16-13-4-6-14(7-5-13)18(21)22/h4-7,11-12,19H,2-3,8-10H2,1H3,(H,16,20). The molecule has 0 aromatic heterocycles. The molecule has 2 unspecified atom stereocenters. The largest absolute Gasteiger partial charge is 0.396 e. The van der Waals surface area contributed by atoms with E-state index in [-0.39, 0.29) is 30.2 Å². The molecule has 22 heavy (non-hydrogen) atoms. The van der Waals surface area contributed by atoms with Crippen LogP contribution in [0.4, 0.5) is 11.4 Å². The van der Waals surface area contributed by atoms with Crippen molar-refractivity contribution < 1.29 is 14.8 Å². The minimum absolute atomic E-state index is 0.00661. The maximum atomic E-state index is 12.3. The Bertz CT molecular complexity index is 532. The van der Waals surface area contributed by atoms with Crippen LogP contribution < -0.4 is 5.32 Å². The van der Waals surface area contributed by atoms with Gasteiger partial charge in [-0.15, -0.1) is 0 Å². The van der Waals surface area contributed by atoms with Crippen molar-refractivity contribution in [3.8, 4) is 0 Å². The molecule has 0 radical (unpaired) electrons. The summed E-state index contributed by atoms with van der Waals surface area (Å²) in [5.41, 5.74) is 0.533. The summed E-state index contributed by atoms with van der Waals surface area (Å²) in [6.45, 7) is 3.53. The van der Waals surface area contributed by atoms with E-state index in [0.29, 0.717) is 12.2 Å². The van der Waals surface area contributed by atoms with Gasteiger partial charge in [0.1, 0.15) is 0 Å². The van der Waals surface area contributed by atoms with Gasteiger partial charge in [0.25, 0.3) is 5.69 Å². The molecule has 1 fully saturated rings. The molecule has 7 nitrogen and oxygen atoms in total. The zero-order chi connectivity index (χ0) is 16.1. The summed E-state index contributed by atoms with van der Waals surface area (Å²) in [7, 11) is 0. The average Bonchev–Trinajstić information content (AvgIpc) is 2.54. The van der Waals surface area contributed by atoms with Gasteiger partial charge < -0.3 is 10.4 Å². The number of nitro groups is 1. The highest BCUT2D eigenvalue weighted by Crippen LogP contribution is 2.20. The summed E-state index contributed by atoms with van der Waals surface area (Å²) in [6.07, 6.45) is 1.96. The number of amides is 1. The minimum Gasteiger partial charge on any atom is -0.396 e. The molecule has 1 aromatic rings. The first-order valence-electron chi connectivity index (χ1n) is 7.41. The molecule has 1 aromatic carbocycles. The van der Waals surface area contributed by atoms with Gasteiger partial charge in [0.05, 0.1) is 11.0 Å². The molecular formula is C15H21N3O4. The second-order valence-corrected chi connectivity index (χ2v) is 5.65. The van der Waals surface area contributed by atoms with Crippen LogP contribution in [0.3, 0.4) is 0 Å².